The van der Waals surface area contributed by atoms with Gasteiger partial charge in [-0.05, 0) is 51.4 Å². The van der Waals surface area contributed by atoms with E-state index >= 15 is 0 Å². The second-order valence-corrected chi connectivity index (χ2v) is 6.15. The molecule has 0 spiro atoms. The number of aliphatic carboxylic acids is 2. The first-order valence-corrected chi connectivity index (χ1v) is 8.12. The molecule has 6 nitrogen and oxygen atoms in total. The molecule has 0 bridgehead atoms. The number of nitrogens with zero attached hydrogens (tertiary/aromatic N) is 1. The van der Waals surface area contributed by atoms with Crippen LogP contribution in [-0.4, -0.2) is 51.7 Å². The molecule has 2 aromatic rings. The van der Waals surface area contributed by atoms with Crippen LogP contribution < -0.4 is 0 Å². The molecule has 0 unspecified atom stereocenters. The van der Waals surface area contributed by atoms with Gasteiger partial charge in [0.15, 0.2) is 0 Å². The van der Waals surface area contributed by atoms with Crippen LogP contribution in [0.2, 0.25) is 0 Å². The molecule has 0 aliphatic rings. The number of H-pyrrole nitrogens is 1. The highest BCUT2D eigenvalue weighted by Gasteiger charge is 2.08. The molecule has 0 atom stereocenters. The Hall–Kier alpha value is -2.60. The van der Waals surface area contributed by atoms with Crippen molar-refractivity contribution in [1.82, 2.24) is 9.88 Å². The van der Waals surface area contributed by atoms with Crippen LogP contribution in [0.1, 0.15) is 25.0 Å². The van der Waals surface area contributed by atoms with Crippen molar-refractivity contribution in [3.8, 4) is 0 Å². The molecule has 1 aromatic carbocycles. The van der Waals surface area contributed by atoms with Gasteiger partial charge in [-0.15, -0.1) is 0 Å². The van der Waals surface area contributed by atoms with Crippen molar-refractivity contribution in [2.75, 3.05) is 13.6 Å². The Bertz CT molecular complexity index is 731. The minimum absolute atomic E-state index is 0.558. The summed E-state index contributed by atoms with van der Waals surface area (Å²) in [4.78, 5) is 24.9. The first-order chi connectivity index (χ1) is 11.7. The predicted octanol–water partition coefficient (Wildman–Crippen LogP) is 3.07. The van der Waals surface area contributed by atoms with Gasteiger partial charge in [0.1, 0.15) is 0 Å². The van der Waals surface area contributed by atoms with Crippen molar-refractivity contribution in [3.05, 3.63) is 47.7 Å². The maximum atomic E-state index is 9.55. The fourth-order valence-electron chi connectivity index (χ4n) is 2.35. The summed E-state index contributed by atoms with van der Waals surface area (Å²) >= 11 is 0. The highest BCUT2D eigenvalue weighted by atomic mass is 16.4. The van der Waals surface area contributed by atoms with Gasteiger partial charge in [0.2, 0.25) is 0 Å². The van der Waals surface area contributed by atoms with Crippen molar-refractivity contribution in [2.45, 2.75) is 33.2 Å². The first-order valence-electron chi connectivity index (χ1n) is 8.12. The number of hydrogen-bond acceptors (Lipinski definition) is 3. The van der Waals surface area contributed by atoms with Gasteiger partial charge < -0.3 is 20.1 Å². The number of aryl methyl sites for hydroxylation is 1. The lowest BCUT2D eigenvalue weighted by Gasteiger charge is -2.20. The topological polar surface area (TPSA) is 93.6 Å². The van der Waals surface area contributed by atoms with Crippen LogP contribution in [0.15, 0.2) is 36.5 Å². The van der Waals surface area contributed by atoms with Crippen LogP contribution in [-0.2, 0) is 16.0 Å². The van der Waals surface area contributed by atoms with Crippen LogP contribution in [0.25, 0.3) is 10.9 Å². The fraction of sp³-hybridized carbons (Fsp3) is 0.368. The molecule has 0 amide bonds. The van der Waals surface area contributed by atoms with E-state index in [1.807, 2.05) is 0 Å². The molecule has 2 rings (SSSR count). The van der Waals surface area contributed by atoms with Crippen LogP contribution in [0.5, 0.6) is 0 Å². The fourth-order valence-corrected chi connectivity index (χ4v) is 2.35. The summed E-state index contributed by atoms with van der Waals surface area (Å²) in [6, 6.07) is 7.06. The maximum Gasteiger partial charge on any atom is 0.328 e. The monoisotopic (exact) mass is 346 g/mol. The number of nitrogens with one attached hydrogen (secondary N) is 1. The Morgan fingerprint density at radius 2 is 1.80 bits per heavy atom. The van der Waals surface area contributed by atoms with E-state index in [0.717, 1.165) is 13.0 Å². The SMILES string of the molecule is Cc1cccc2[nH]cc(CCN(C)C(C)C)c12.O=C(O)/C=C/C(=O)O. The van der Waals surface area contributed by atoms with E-state index in [1.165, 1.54) is 22.0 Å². The van der Waals surface area contributed by atoms with E-state index < -0.39 is 11.9 Å². The third-order valence-electron chi connectivity index (χ3n) is 3.98. The van der Waals surface area contributed by atoms with Crippen molar-refractivity contribution in [3.63, 3.8) is 0 Å². The van der Waals surface area contributed by atoms with E-state index in [2.05, 4.69) is 62.1 Å². The zero-order valence-electron chi connectivity index (χ0n) is 15.1. The Labute approximate surface area is 147 Å². The van der Waals surface area contributed by atoms with Crippen LogP contribution in [0.3, 0.4) is 0 Å². The average Bonchev–Trinajstić information content (AvgIpc) is 2.95. The summed E-state index contributed by atoms with van der Waals surface area (Å²) in [5.41, 5.74) is 4.06. The molecule has 0 aliphatic heterocycles. The summed E-state index contributed by atoms with van der Waals surface area (Å²) in [6.45, 7) is 7.77. The number of rotatable bonds is 6. The molecule has 0 radical (unpaired) electrons. The Morgan fingerprint density at radius 3 is 2.32 bits per heavy atom. The Kier molecular flexibility index (Phi) is 7.88. The van der Waals surface area contributed by atoms with Gasteiger partial charge in [0, 0.05) is 41.8 Å². The number of carboxylic acid groups (broad SMARTS) is 2. The van der Waals surface area contributed by atoms with Crippen LogP contribution >= 0.6 is 0 Å². The highest BCUT2D eigenvalue weighted by Crippen LogP contribution is 2.22. The third kappa shape index (κ3) is 6.81. The van der Waals surface area contributed by atoms with Crippen LogP contribution in [0.4, 0.5) is 0 Å². The molecule has 25 heavy (non-hydrogen) atoms. The maximum absolute atomic E-state index is 9.55. The number of aromatic amines is 1. The van der Waals surface area contributed by atoms with Gasteiger partial charge in [-0.2, -0.15) is 0 Å². The van der Waals surface area contributed by atoms with Crippen molar-refractivity contribution >= 4 is 22.8 Å². The zero-order chi connectivity index (χ0) is 19.0. The largest absolute Gasteiger partial charge is 0.478 e. The molecule has 0 fully saturated rings. The lowest BCUT2D eigenvalue weighted by molar-refractivity contribution is -0.134. The molecule has 0 saturated carbocycles. The number of carboxylic acids is 2. The number of likely N-dealkylation sites (N-methyl/N-ethyl adjacent to an activating group) is 1. The van der Waals surface area contributed by atoms with Gasteiger partial charge in [0.05, 0.1) is 0 Å². The van der Waals surface area contributed by atoms with E-state index in [4.69, 9.17) is 10.2 Å². The van der Waals surface area contributed by atoms with E-state index in [-0.39, 0.29) is 0 Å². The number of benzene rings is 1. The van der Waals surface area contributed by atoms with Crippen LogP contribution in [0, 0.1) is 6.92 Å². The molecule has 1 aromatic heterocycles. The standard InChI is InChI=1S/C15H22N2.C4H4O4/c1-11(2)17(4)9-8-13-10-16-14-7-5-6-12(3)15(13)14;5-3(6)1-2-4(7)8/h5-7,10-11,16H,8-9H2,1-4H3;1-2H,(H,5,6)(H,7,8)/b;2-1+. The molecule has 0 aliphatic carbocycles. The molecule has 3 N–H and O–H groups in total. The van der Waals surface area contributed by atoms with E-state index in [0.29, 0.717) is 18.2 Å². The minimum Gasteiger partial charge on any atom is -0.478 e. The number of hydrogen-bond donors (Lipinski definition) is 3. The molecule has 136 valence electrons. The lowest BCUT2D eigenvalue weighted by Crippen LogP contribution is -2.28. The molecular formula is C19H26N2O4. The third-order valence-corrected chi connectivity index (χ3v) is 3.98. The zero-order valence-corrected chi connectivity index (χ0v) is 15.1. The van der Waals surface area contributed by atoms with Gasteiger partial charge in [-0.25, -0.2) is 9.59 Å². The second-order valence-electron chi connectivity index (χ2n) is 6.15. The smallest absolute Gasteiger partial charge is 0.328 e. The summed E-state index contributed by atoms with van der Waals surface area (Å²) in [5.74, 6) is -2.51. The van der Waals surface area contributed by atoms with E-state index in [9.17, 15) is 9.59 Å². The number of aromatic nitrogens is 1. The highest BCUT2D eigenvalue weighted by molar-refractivity contribution is 5.89. The van der Waals surface area contributed by atoms with Gasteiger partial charge in [-0.1, -0.05) is 12.1 Å². The predicted molar refractivity (Wildman–Crippen MR) is 98.9 cm³/mol. The number of carbonyl (C=O) groups is 2. The summed E-state index contributed by atoms with van der Waals surface area (Å²) < 4.78 is 0. The van der Waals surface area contributed by atoms with Gasteiger partial charge in [0.25, 0.3) is 0 Å². The normalized spacial score (nSPS) is 11.1. The number of fused-ring (bicyclic) bond motifs is 1. The quantitative estimate of drug-likeness (QED) is 0.699. The summed E-state index contributed by atoms with van der Waals surface area (Å²) in [6.07, 6.45) is 4.38. The van der Waals surface area contributed by atoms with Gasteiger partial charge >= 0.3 is 11.9 Å². The first kappa shape index (κ1) is 20.4. The summed E-state index contributed by atoms with van der Waals surface area (Å²) in [5, 5.41) is 17.0. The minimum atomic E-state index is -1.26. The Balaban J connectivity index is 0.000000333. The van der Waals surface area contributed by atoms with Crippen molar-refractivity contribution in [2.24, 2.45) is 0 Å². The van der Waals surface area contributed by atoms with E-state index in [1.54, 1.807) is 0 Å². The van der Waals surface area contributed by atoms with Crippen molar-refractivity contribution < 1.29 is 19.8 Å². The molecule has 6 heteroatoms. The summed E-state index contributed by atoms with van der Waals surface area (Å²) in [7, 11) is 2.19. The molecular weight excluding hydrogens is 320 g/mol. The van der Waals surface area contributed by atoms with Gasteiger partial charge in [-0.3, -0.25) is 0 Å². The Morgan fingerprint density at radius 1 is 1.20 bits per heavy atom. The van der Waals surface area contributed by atoms with Crippen molar-refractivity contribution in [1.29, 1.82) is 0 Å². The molecule has 0 saturated heterocycles. The average molecular weight is 346 g/mol. The molecule has 1 heterocycles. The lowest BCUT2D eigenvalue weighted by atomic mass is 10.1. The second kappa shape index (κ2) is 9.64.